The van der Waals surface area contributed by atoms with E-state index in [9.17, 15) is 4.79 Å². The summed E-state index contributed by atoms with van der Waals surface area (Å²) in [7, 11) is 3.94. The first-order chi connectivity index (χ1) is 11.9. The smallest absolute Gasteiger partial charge is 0.224 e. The predicted octanol–water partition coefficient (Wildman–Crippen LogP) is 5.17. The molecule has 0 aliphatic carbocycles. The van der Waals surface area contributed by atoms with Crippen LogP contribution in [0.15, 0.2) is 36.4 Å². The van der Waals surface area contributed by atoms with E-state index in [1.165, 1.54) is 0 Å². The summed E-state index contributed by atoms with van der Waals surface area (Å²) >= 11 is 11.9. The highest BCUT2D eigenvalue weighted by Gasteiger charge is 2.08. The number of anilines is 2. The molecule has 0 aliphatic rings. The Morgan fingerprint density at radius 2 is 1.92 bits per heavy atom. The van der Waals surface area contributed by atoms with Crippen molar-refractivity contribution in [1.82, 2.24) is 0 Å². The molecule has 2 rings (SSSR count). The lowest BCUT2D eigenvalue weighted by atomic mass is 10.1. The van der Waals surface area contributed by atoms with Crippen molar-refractivity contribution in [2.45, 2.75) is 19.8 Å². The summed E-state index contributed by atoms with van der Waals surface area (Å²) in [5.74, 6) is 0.533. The van der Waals surface area contributed by atoms with Gasteiger partial charge in [-0.05, 0) is 49.2 Å². The highest BCUT2D eigenvalue weighted by molar-refractivity contribution is 6.35. The molecule has 0 aromatic heterocycles. The van der Waals surface area contributed by atoms with Gasteiger partial charge in [-0.3, -0.25) is 4.79 Å². The highest BCUT2D eigenvalue weighted by Crippen LogP contribution is 2.27. The number of nitrogens with zero attached hydrogens (tertiary/aromatic N) is 1. The zero-order valence-electron chi connectivity index (χ0n) is 14.6. The van der Waals surface area contributed by atoms with E-state index in [2.05, 4.69) is 5.32 Å². The Kier molecular flexibility index (Phi) is 6.97. The molecule has 2 aromatic rings. The minimum Gasteiger partial charge on any atom is -0.492 e. The fourth-order valence-corrected chi connectivity index (χ4v) is 2.71. The van der Waals surface area contributed by atoms with Gasteiger partial charge < -0.3 is 15.0 Å². The maximum atomic E-state index is 12.1. The lowest BCUT2D eigenvalue weighted by Gasteiger charge is -2.16. The van der Waals surface area contributed by atoms with Gasteiger partial charge in [0.25, 0.3) is 0 Å². The quantitative estimate of drug-likeness (QED) is 0.673. The van der Waals surface area contributed by atoms with Crippen molar-refractivity contribution in [2.75, 3.05) is 30.9 Å². The molecule has 0 radical (unpaired) electrons. The Hall–Kier alpha value is -1.91. The molecule has 0 bridgehead atoms. The molecule has 2 aromatic carbocycles. The summed E-state index contributed by atoms with van der Waals surface area (Å²) in [4.78, 5) is 14.1. The molecule has 4 nitrogen and oxygen atoms in total. The Bertz CT molecular complexity index is 748. The topological polar surface area (TPSA) is 41.6 Å². The second-order valence-electron chi connectivity index (χ2n) is 5.97. The fraction of sp³-hybridized carbons (Fsp3) is 0.316. The summed E-state index contributed by atoms with van der Waals surface area (Å²) in [6.45, 7) is 2.38. The number of amides is 1. The van der Waals surface area contributed by atoms with Crippen molar-refractivity contribution >= 4 is 40.5 Å². The van der Waals surface area contributed by atoms with Gasteiger partial charge in [-0.15, -0.1) is 0 Å². The van der Waals surface area contributed by atoms with Crippen LogP contribution in [0.3, 0.4) is 0 Å². The van der Waals surface area contributed by atoms with E-state index >= 15 is 0 Å². The second kappa shape index (κ2) is 8.97. The Morgan fingerprint density at radius 3 is 2.60 bits per heavy atom. The number of hydrogen-bond donors (Lipinski definition) is 1. The molecular weight excluding hydrogens is 359 g/mol. The lowest BCUT2D eigenvalue weighted by Crippen LogP contribution is -2.15. The molecule has 0 heterocycles. The average molecular weight is 381 g/mol. The SMILES string of the molecule is Cc1ccc(N(C)C)cc1NC(=O)CCCOc1ccc(Cl)cc1Cl. The molecule has 1 N–H and O–H groups in total. The van der Waals surface area contributed by atoms with Gasteiger partial charge in [0.05, 0.1) is 11.6 Å². The van der Waals surface area contributed by atoms with Gasteiger partial charge in [0.1, 0.15) is 5.75 Å². The third kappa shape index (κ3) is 5.83. The van der Waals surface area contributed by atoms with Gasteiger partial charge in [0.15, 0.2) is 0 Å². The first-order valence-corrected chi connectivity index (χ1v) is 8.78. The number of carbonyl (C=O) groups is 1. The average Bonchev–Trinajstić information content (AvgIpc) is 2.55. The molecule has 25 heavy (non-hydrogen) atoms. The molecule has 0 saturated carbocycles. The van der Waals surface area contributed by atoms with Crippen molar-refractivity contribution < 1.29 is 9.53 Å². The number of nitrogens with one attached hydrogen (secondary N) is 1. The molecule has 0 fully saturated rings. The molecule has 0 saturated heterocycles. The summed E-state index contributed by atoms with van der Waals surface area (Å²) in [6.07, 6.45) is 0.966. The zero-order valence-corrected chi connectivity index (χ0v) is 16.1. The van der Waals surface area contributed by atoms with Gasteiger partial charge >= 0.3 is 0 Å². The fourth-order valence-electron chi connectivity index (χ4n) is 2.24. The normalized spacial score (nSPS) is 10.4. The van der Waals surface area contributed by atoms with Crippen LogP contribution in [0, 0.1) is 6.92 Å². The largest absolute Gasteiger partial charge is 0.492 e. The summed E-state index contributed by atoms with van der Waals surface area (Å²) in [6, 6.07) is 11.1. The van der Waals surface area contributed by atoms with Crippen molar-refractivity contribution in [2.24, 2.45) is 0 Å². The van der Waals surface area contributed by atoms with Crippen LogP contribution >= 0.6 is 23.2 Å². The van der Waals surface area contributed by atoms with Crippen LogP contribution in [0.5, 0.6) is 5.75 Å². The van der Waals surface area contributed by atoms with E-state index in [0.717, 1.165) is 16.9 Å². The van der Waals surface area contributed by atoms with Crippen molar-refractivity contribution in [1.29, 1.82) is 0 Å². The highest BCUT2D eigenvalue weighted by atomic mass is 35.5. The molecule has 134 valence electrons. The van der Waals surface area contributed by atoms with Crippen LogP contribution in [-0.4, -0.2) is 26.6 Å². The standard InChI is InChI=1S/C19H22Cl2N2O2/c1-13-6-8-15(23(2)3)12-17(13)22-19(24)5-4-10-25-18-9-7-14(20)11-16(18)21/h6-9,11-12H,4-5,10H2,1-3H3,(H,22,24). The number of rotatable bonds is 7. The minimum atomic E-state index is -0.0372. The van der Waals surface area contributed by atoms with E-state index < -0.39 is 0 Å². The monoisotopic (exact) mass is 380 g/mol. The van der Waals surface area contributed by atoms with Crippen molar-refractivity contribution in [3.63, 3.8) is 0 Å². The van der Waals surface area contributed by atoms with Gasteiger partial charge in [-0.25, -0.2) is 0 Å². The van der Waals surface area contributed by atoms with Gasteiger partial charge in [-0.2, -0.15) is 0 Å². The molecule has 6 heteroatoms. The van der Waals surface area contributed by atoms with Gasteiger partial charge in [-0.1, -0.05) is 29.3 Å². The Balaban J connectivity index is 1.82. The number of hydrogen-bond acceptors (Lipinski definition) is 3. The number of aryl methyl sites for hydroxylation is 1. The molecule has 0 atom stereocenters. The van der Waals surface area contributed by atoms with Crippen LogP contribution in [-0.2, 0) is 4.79 Å². The molecule has 0 aliphatic heterocycles. The second-order valence-corrected chi connectivity index (χ2v) is 6.81. The number of halogens is 2. The van der Waals surface area contributed by atoms with Gasteiger partial charge in [0, 0.05) is 36.9 Å². The van der Waals surface area contributed by atoms with Crippen LogP contribution in [0.25, 0.3) is 0 Å². The third-order valence-corrected chi connectivity index (χ3v) is 4.24. The van der Waals surface area contributed by atoms with E-state index in [1.54, 1.807) is 18.2 Å². The summed E-state index contributed by atoms with van der Waals surface area (Å²) < 4.78 is 5.59. The maximum Gasteiger partial charge on any atom is 0.224 e. The maximum absolute atomic E-state index is 12.1. The Morgan fingerprint density at radius 1 is 1.16 bits per heavy atom. The molecule has 1 amide bonds. The van der Waals surface area contributed by atoms with E-state index in [1.807, 2.05) is 44.1 Å². The van der Waals surface area contributed by atoms with Crippen LogP contribution < -0.4 is 15.0 Å². The predicted molar refractivity (Wildman–Crippen MR) is 105 cm³/mol. The molecule has 0 spiro atoms. The minimum absolute atomic E-state index is 0.0372. The van der Waals surface area contributed by atoms with Crippen LogP contribution in [0.1, 0.15) is 18.4 Å². The first-order valence-electron chi connectivity index (χ1n) is 8.02. The molecule has 0 unspecified atom stereocenters. The van der Waals surface area contributed by atoms with Crippen molar-refractivity contribution in [3.05, 3.63) is 52.0 Å². The Labute approximate surface area is 158 Å². The number of benzene rings is 2. The van der Waals surface area contributed by atoms with E-state index in [0.29, 0.717) is 35.2 Å². The van der Waals surface area contributed by atoms with Crippen molar-refractivity contribution in [3.8, 4) is 5.75 Å². The van der Waals surface area contributed by atoms with Crippen LogP contribution in [0.4, 0.5) is 11.4 Å². The van der Waals surface area contributed by atoms with Crippen LogP contribution in [0.2, 0.25) is 10.0 Å². The van der Waals surface area contributed by atoms with E-state index in [4.69, 9.17) is 27.9 Å². The third-order valence-electron chi connectivity index (χ3n) is 3.71. The van der Waals surface area contributed by atoms with E-state index in [-0.39, 0.29) is 5.91 Å². The number of carbonyl (C=O) groups excluding carboxylic acids is 1. The lowest BCUT2D eigenvalue weighted by molar-refractivity contribution is -0.116. The number of ether oxygens (including phenoxy) is 1. The molecular formula is C19H22Cl2N2O2. The van der Waals surface area contributed by atoms with Gasteiger partial charge in [0.2, 0.25) is 5.91 Å². The summed E-state index contributed by atoms with van der Waals surface area (Å²) in [5, 5.41) is 3.99. The summed E-state index contributed by atoms with van der Waals surface area (Å²) in [5.41, 5.74) is 2.91. The zero-order chi connectivity index (χ0) is 18.4. The first kappa shape index (κ1) is 19.4.